The van der Waals surface area contributed by atoms with Gasteiger partial charge in [-0.05, 0) is 23.4 Å². The lowest BCUT2D eigenvalue weighted by atomic mass is 10.2. The maximum Gasteiger partial charge on any atom is 0.0794 e. The molecule has 1 N–H and O–H groups in total. The average molecular weight is 238 g/mol. The molecule has 0 unspecified atom stereocenters. The molecule has 2 nitrogen and oxygen atoms in total. The minimum Gasteiger partial charge on any atom is -0.307 e. The molecule has 0 amide bonds. The monoisotopic (exact) mass is 238 g/mol. The second-order valence-corrected chi connectivity index (χ2v) is 5.27. The molecule has 0 aromatic carbocycles. The number of hydrogen-bond acceptors (Lipinski definition) is 4. The number of aryl methyl sites for hydroxylation is 1. The molecule has 2 aromatic heterocycles. The van der Waals surface area contributed by atoms with Gasteiger partial charge in [-0.3, -0.25) is 4.98 Å². The first-order valence-electron chi connectivity index (χ1n) is 5.03. The molecule has 0 aliphatic carbocycles. The van der Waals surface area contributed by atoms with Gasteiger partial charge in [0.25, 0.3) is 0 Å². The van der Waals surface area contributed by atoms with Gasteiger partial charge in [-0.25, -0.2) is 0 Å². The third-order valence-corrected chi connectivity index (χ3v) is 4.03. The van der Waals surface area contributed by atoms with Gasteiger partial charge in [0.1, 0.15) is 0 Å². The summed E-state index contributed by atoms with van der Waals surface area (Å²) in [5.41, 5.74) is 3.34. The van der Waals surface area contributed by atoms with Crippen molar-refractivity contribution < 1.29 is 0 Å². The summed E-state index contributed by atoms with van der Waals surface area (Å²) in [5.74, 6) is 0. The fraction of sp³-hybridized carbons (Fsp3) is 0.364. The summed E-state index contributed by atoms with van der Waals surface area (Å²) in [5, 5.41) is 5.61. The Labute approximate surface area is 98.0 Å². The van der Waals surface area contributed by atoms with Gasteiger partial charge in [0.05, 0.1) is 5.51 Å². The highest BCUT2D eigenvalue weighted by molar-refractivity contribution is 7.10. The van der Waals surface area contributed by atoms with Crippen molar-refractivity contribution in [2.24, 2.45) is 0 Å². The zero-order chi connectivity index (χ0) is 10.5. The van der Waals surface area contributed by atoms with E-state index in [1.807, 2.05) is 23.0 Å². The third kappa shape index (κ3) is 2.87. The van der Waals surface area contributed by atoms with E-state index in [1.54, 1.807) is 11.3 Å². The Kier molecular flexibility index (Phi) is 3.88. The van der Waals surface area contributed by atoms with Gasteiger partial charge in [-0.15, -0.1) is 22.7 Å². The molecule has 0 radical (unpaired) electrons. The molecule has 80 valence electrons. The summed E-state index contributed by atoms with van der Waals surface area (Å²) in [6.07, 6.45) is 3.05. The molecular formula is C11H14N2S2. The maximum absolute atomic E-state index is 4.05. The zero-order valence-electron chi connectivity index (χ0n) is 8.69. The Hall–Kier alpha value is -0.710. The Bertz CT molecular complexity index is 392. The lowest BCUT2D eigenvalue weighted by molar-refractivity contribution is 0.703. The van der Waals surface area contributed by atoms with Crippen LogP contribution in [0.2, 0.25) is 0 Å². The van der Waals surface area contributed by atoms with Gasteiger partial charge >= 0.3 is 0 Å². The highest BCUT2D eigenvalue weighted by Crippen LogP contribution is 2.17. The molecular weight excluding hydrogens is 224 g/mol. The van der Waals surface area contributed by atoms with Gasteiger partial charge in [0.2, 0.25) is 0 Å². The molecule has 15 heavy (non-hydrogen) atoms. The number of aromatic nitrogens is 1. The topological polar surface area (TPSA) is 24.9 Å². The lowest BCUT2D eigenvalue weighted by Crippen LogP contribution is -2.11. The first-order chi connectivity index (χ1) is 7.40. The van der Waals surface area contributed by atoms with Crippen LogP contribution in [0.15, 0.2) is 23.2 Å². The Morgan fingerprint density at radius 1 is 1.33 bits per heavy atom. The van der Waals surface area contributed by atoms with E-state index in [9.17, 15) is 0 Å². The number of rotatable bonds is 5. The van der Waals surface area contributed by atoms with E-state index in [4.69, 9.17) is 0 Å². The van der Waals surface area contributed by atoms with Gasteiger partial charge in [-0.1, -0.05) is 6.92 Å². The molecule has 4 heteroatoms. The molecule has 0 aliphatic rings. The number of thiophene rings is 1. The summed E-state index contributed by atoms with van der Waals surface area (Å²) in [6.45, 7) is 4.10. The molecule has 0 fully saturated rings. The van der Waals surface area contributed by atoms with Crippen LogP contribution in [0.25, 0.3) is 0 Å². The normalized spacial score (nSPS) is 10.7. The first-order valence-corrected chi connectivity index (χ1v) is 6.79. The van der Waals surface area contributed by atoms with Crippen molar-refractivity contribution in [1.29, 1.82) is 0 Å². The van der Waals surface area contributed by atoms with Gasteiger partial charge in [-0.2, -0.15) is 0 Å². The summed E-state index contributed by atoms with van der Waals surface area (Å²) < 4.78 is 0. The summed E-state index contributed by atoms with van der Waals surface area (Å²) in [7, 11) is 0. The van der Waals surface area contributed by atoms with Crippen molar-refractivity contribution in [1.82, 2.24) is 10.3 Å². The number of nitrogens with one attached hydrogen (secondary N) is 1. The van der Waals surface area contributed by atoms with Crippen LogP contribution in [0.3, 0.4) is 0 Å². The summed E-state index contributed by atoms with van der Waals surface area (Å²) in [4.78, 5) is 6.81. The van der Waals surface area contributed by atoms with Crippen LogP contribution < -0.4 is 5.32 Å². The smallest absolute Gasteiger partial charge is 0.0794 e. The van der Waals surface area contributed by atoms with Crippen LogP contribution in [0.5, 0.6) is 0 Å². The van der Waals surface area contributed by atoms with Crippen molar-refractivity contribution in [3.8, 4) is 0 Å². The standard InChI is InChI=1S/C11H14N2S2/c1-2-9-3-4-14-11(9)7-12-5-10-6-13-8-15-10/h3-4,6,8,12H,2,5,7H2,1H3. The quantitative estimate of drug-likeness (QED) is 0.866. The minimum atomic E-state index is 0.922. The third-order valence-electron chi connectivity index (χ3n) is 2.29. The van der Waals surface area contributed by atoms with E-state index in [1.165, 1.54) is 15.3 Å². The molecule has 0 atom stereocenters. The Balaban J connectivity index is 1.83. The average Bonchev–Trinajstić information content (AvgIpc) is 2.88. The van der Waals surface area contributed by atoms with Gasteiger partial charge in [0.15, 0.2) is 0 Å². The molecule has 2 heterocycles. The van der Waals surface area contributed by atoms with Gasteiger partial charge < -0.3 is 5.32 Å². The highest BCUT2D eigenvalue weighted by Gasteiger charge is 2.01. The Morgan fingerprint density at radius 3 is 3.00 bits per heavy atom. The number of thiazole rings is 1. The SMILES string of the molecule is CCc1ccsc1CNCc1cncs1. The summed E-state index contributed by atoms with van der Waals surface area (Å²) in [6, 6.07) is 2.22. The molecule has 0 spiro atoms. The maximum atomic E-state index is 4.05. The van der Waals surface area contributed by atoms with Crippen molar-refractivity contribution >= 4 is 22.7 Å². The minimum absolute atomic E-state index is 0.922. The van der Waals surface area contributed by atoms with E-state index >= 15 is 0 Å². The van der Waals surface area contributed by atoms with Crippen molar-refractivity contribution in [3.63, 3.8) is 0 Å². The second kappa shape index (κ2) is 5.39. The van der Waals surface area contributed by atoms with Crippen LogP contribution in [-0.4, -0.2) is 4.98 Å². The van der Waals surface area contributed by atoms with Crippen molar-refractivity contribution in [2.45, 2.75) is 26.4 Å². The van der Waals surface area contributed by atoms with E-state index in [-0.39, 0.29) is 0 Å². The van der Waals surface area contributed by atoms with Crippen molar-refractivity contribution in [2.75, 3.05) is 0 Å². The van der Waals surface area contributed by atoms with Crippen LogP contribution in [0.1, 0.15) is 22.2 Å². The molecule has 0 saturated heterocycles. The fourth-order valence-corrected chi connectivity index (χ4v) is 2.98. The van der Waals surface area contributed by atoms with E-state index in [0.29, 0.717) is 0 Å². The Morgan fingerprint density at radius 2 is 2.27 bits per heavy atom. The molecule has 2 rings (SSSR count). The largest absolute Gasteiger partial charge is 0.307 e. The number of hydrogen-bond donors (Lipinski definition) is 1. The molecule has 0 saturated carbocycles. The molecule has 0 bridgehead atoms. The van der Waals surface area contributed by atoms with E-state index < -0.39 is 0 Å². The second-order valence-electron chi connectivity index (χ2n) is 3.29. The summed E-state index contributed by atoms with van der Waals surface area (Å²) >= 11 is 3.54. The van der Waals surface area contributed by atoms with E-state index in [0.717, 1.165) is 19.5 Å². The lowest BCUT2D eigenvalue weighted by Gasteiger charge is -2.02. The zero-order valence-corrected chi connectivity index (χ0v) is 10.3. The predicted molar refractivity (Wildman–Crippen MR) is 66.4 cm³/mol. The fourth-order valence-electron chi connectivity index (χ4n) is 1.47. The van der Waals surface area contributed by atoms with Gasteiger partial charge in [0, 0.05) is 29.0 Å². The van der Waals surface area contributed by atoms with Crippen LogP contribution in [0, 0.1) is 0 Å². The molecule has 0 aliphatic heterocycles. The molecule has 2 aromatic rings. The van der Waals surface area contributed by atoms with Crippen LogP contribution in [-0.2, 0) is 19.5 Å². The predicted octanol–water partition coefficient (Wildman–Crippen LogP) is 3.06. The number of nitrogens with zero attached hydrogens (tertiary/aromatic N) is 1. The van der Waals surface area contributed by atoms with E-state index in [2.05, 4.69) is 28.7 Å². The highest BCUT2D eigenvalue weighted by atomic mass is 32.1. The first kappa shape index (κ1) is 10.8. The van der Waals surface area contributed by atoms with Crippen molar-refractivity contribution in [3.05, 3.63) is 38.5 Å². The van der Waals surface area contributed by atoms with Crippen LogP contribution >= 0.6 is 22.7 Å². The van der Waals surface area contributed by atoms with Crippen LogP contribution in [0.4, 0.5) is 0 Å².